The van der Waals surface area contributed by atoms with Crippen LogP contribution in [-0.2, 0) is 27.1 Å². The molecule has 0 aromatic heterocycles. The minimum absolute atomic E-state index is 0.0414. The zero-order chi connectivity index (χ0) is 14.8. The molecule has 0 amide bonds. The Morgan fingerprint density at radius 1 is 1.25 bits per heavy atom. The summed E-state index contributed by atoms with van der Waals surface area (Å²) in [5, 5.41) is 9.10. The third-order valence-electron chi connectivity index (χ3n) is 3.30. The molecule has 1 aromatic carbocycles. The summed E-state index contributed by atoms with van der Waals surface area (Å²) < 4.78 is 32.0. The van der Waals surface area contributed by atoms with Gasteiger partial charge in [-0.1, -0.05) is 24.3 Å². The van der Waals surface area contributed by atoms with Crippen molar-refractivity contribution in [2.45, 2.75) is 38.4 Å². The Hall–Kier alpha value is -0.950. The van der Waals surface area contributed by atoms with Gasteiger partial charge in [0.2, 0.25) is 10.0 Å². The molecule has 2 rings (SSSR count). The van der Waals surface area contributed by atoms with Gasteiger partial charge in [-0.2, -0.15) is 4.31 Å². The number of nitrogens with zero attached hydrogens (tertiary/aromatic N) is 1. The highest BCUT2D eigenvalue weighted by Gasteiger charge is 2.30. The van der Waals surface area contributed by atoms with Crippen molar-refractivity contribution < 1.29 is 18.3 Å². The first-order chi connectivity index (χ1) is 9.40. The van der Waals surface area contributed by atoms with Crippen LogP contribution in [0, 0.1) is 0 Å². The van der Waals surface area contributed by atoms with Gasteiger partial charge < -0.3 is 9.84 Å². The summed E-state index contributed by atoms with van der Waals surface area (Å²) in [6, 6.07) is 7.03. The first-order valence-corrected chi connectivity index (χ1v) is 8.33. The van der Waals surface area contributed by atoms with Gasteiger partial charge in [-0.15, -0.1) is 0 Å². The second-order valence-corrected chi connectivity index (χ2v) is 7.28. The molecule has 1 aliphatic rings. The standard InChI is InChI=1S/C14H21NO4S/c1-11-7-15(8-12(2)19-11)20(17,18)10-14-5-3-4-13(6-14)9-16/h3-6,11-12,16H,7-10H2,1-2H3. The smallest absolute Gasteiger partial charge is 0.218 e. The molecule has 5 nitrogen and oxygen atoms in total. The lowest BCUT2D eigenvalue weighted by molar-refractivity contribution is -0.0441. The Balaban J connectivity index is 2.14. The number of hydrogen-bond acceptors (Lipinski definition) is 4. The van der Waals surface area contributed by atoms with E-state index in [2.05, 4.69) is 0 Å². The van der Waals surface area contributed by atoms with E-state index in [0.29, 0.717) is 18.7 Å². The van der Waals surface area contributed by atoms with Crippen LogP contribution in [-0.4, -0.2) is 43.1 Å². The van der Waals surface area contributed by atoms with Crippen LogP contribution in [0.5, 0.6) is 0 Å². The number of sulfonamides is 1. The van der Waals surface area contributed by atoms with Crippen LogP contribution in [0.3, 0.4) is 0 Å². The van der Waals surface area contributed by atoms with Gasteiger partial charge in [-0.3, -0.25) is 0 Å². The van der Waals surface area contributed by atoms with Crippen LogP contribution in [0.2, 0.25) is 0 Å². The zero-order valence-electron chi connectivity index (χ0n) is 11.8. The number of ether oxygens (including phenoxy) is 1. The van der Waals surface area contributed by atoms with Gasteiger partial charge in [0.15, 0.2) is 0 Å². The quantitative estimate of drug-likeness (QED) is 0.904. The summed E-state index contributed by atoms with van der Waals surface area (Å²) >= 11 is 0. The minimum atomic E-state index is -3.36. The number of aliphatic hydroxyl groups excluding tert-OH is 1. The lowest BCUT2D eigenvalue weighted by Gasteiger charge is -2.34. The topological polar surface area (TPSA) is 66.8 Å². The predicted molar refractivity (Wildman–Crippen MR) is 76.6 cm³/mol. The molecular formula is C14H21NO4S. The highest BCUT2D eigenvalue weighted by Crippen LogP contribution is 2.18. The Labute approximate surface area is 120 Å². The van der Waals surface area contributed by atoms with Crippen molar-refractivity contribution in [3.63, 3.8) is 0 Å². The normalized spacial score (nSPS) is 24.8. The number of morpholine rings is 1. The molecular weight excluding hydrogens is 278 g/mol. The lowest BCUT2D eigenvalue weighted by atomic mass is 10.1. The van der Waals surface area contributed by atoms with Crippen molar-refractivity contribution in [2.24, 2.45) is 0 Å². The summed E-state index contributed by atoms with van der Waals surface area (Å²) in [5.74, 6) is -0.0414. The average Bonchev–Trinajstić information content (AvgIpc) is 2.37. The third-order valence-corrected chi connectivity index (χ3v) is 5.09. The fraction of sp³-hybridized carbons (Fsp3) is 0.571. The van der Waals surface area contributed by atoms with Crippen LogP contribution in [0.15, 0.2) is 24.3 Å². The van der Waals surface area contributed by atoms with Crippen LogP contribution in [0.4, 0.5) is 0 Å². The molecule has 1 fully saturated rings. The van der Waals surface area contributed by atoms with Gasteiger partial charge in [-0.25, -0.2) is 8.42 Å². The molecule has 0 radical (unpaired) electrons. The third kappa shape index (κ3) is 3.79. The van der Waals surface area contributed by atoms with Crippen molar-refractivity contribution in [1.82, 2.24) is 4.31 Å². The maximum absolute atomic E-state index is 12.5. The van der Waals surface area contributed by atoms with Crippen molar-refractivity contribution in [3.05, 3.63) is 35.4 Å². The summed E-state index contributed by atoms with van der Waals surface area (Å²) in [6.45, 7) is 4.47. The van der Waals surface area contributed by atoms with Gasteiger partial charge in [0, 0.05) is 13.1 Å². The van der Waals surface area contributed by atoms with Crippen molar-refractivity contribution in [3.8, 4) is 0 Å². The Bertz CT molecular complexity index is 548. The highest BCUT2D eigenvalue weighted by atomic mass is 32.2. The van der Waals surface area contributed by atoms with E-state index in [0.717, 1.165) is 5.56 Å². The van der Waals surface area contributed by atoms with Crippen LogP contribution in [0.25, 0.3) is 0 Å². The Kier molecular flexibility index (Phi) is 4.80. The van der Waals surface area contributed by atoms with Crippen molar-refractivity contribution >= 4 is 10.0 Å². The van der Waals surface area contributed by atoms with Gasteiger partial charge >= 0.3 is 0 Å². The molecule has 1 heterocycles. The van der Waals surface area contributed by atoms with Gasteiger partial charge in [-0.05, 0) is 25.0 Å². The molecule has 0 bridgehead atoms. The van der Waals surface area contributed by atoms with E-state index in [4.69, 9.17) is 9.84 Å². The highest BCUT2D eigenvalue weighted by molar-refractivity contribution is 7.88. The lowest BCUT2D eigenvalue weighted by Crippen LogP contribution is -2.48. The van der Waals surface area contributed by atoms with Crippen molar-refractivity contribution in [2.75, 3.05) is 13.1 Å². The maximum atomic E-state index is 12.5. The van der Waals surface area contributed by atoms with E-state index in [1.165, 1.54) is 4.31 Å². The molecule has 112 valence electrons. The second-order valence-electron chi connectivity index (χ2n) is 5.31. The molecule has 1 aliphatic heterocycles. The van der Waals surface area contributed by atoms with Crippen LogP contribution >= 0.6 is 0 Å². The molecule has 20 heavy (non-hydrogen) atoms. The molecule has 0 saturated carbocycles. The first kappa shape index (κ1) is 15.4. The second kappa shape index (κ2) is 6.22. The van der Waals surface area contributed by atoms with E-state index in [1.54, 1.807) is 24.3 Å². The van der Waals surface area contributed by atoms with E-state index < -0.39 is 10.0 Å². The summed E-state index contributed by atoms with van der Waals surface area (Å²) in [6.07, 6.45) is -0.172. The maximum Gasteiger partial charge on any atom is 0.218 e. The summed E-state index contributed by atoms with van der Waals surface area (Å²) in [4.78, 5) is 0. The molecule has 6 heteroatoms. The van der Waals surface area contributed by atoms with Gasteiger partial charge in [0.05, 0.1) is 24.6 Å². The van der Waals surface area contributed by atoms with E-state index in [-0.39, 0.29) is 24.6 Å². The van der Waals surface area contributed by atoms with Crippen LogP contribution in [0.1, 0.15) is 25.0 Å². The van der Waals surface area contributed by atoms with Crippen molar-refractivity contribution in [1.29, 1.82) is 0 Å². The number of aliphatic hydroxyl groups is 1. The fourth-order valence-electron chi connectivity index (χ4n) is 2.48. The monoisotopic (exact) mass is 299 g/mol. The largest absolute Gasteiger partial charge is 0.392 e. The molecule has 2 unspecified atom stereocenters. The SMILES string of the molecule is CC1CN(S(=O)(=O)Cc2cccc(CO)c2)CC(C)O1. The molecule has 1 N–H and O–H groups in total. The van der Waals surface area contributed by atoms with Gasteiger partial charge in [0.25, 0.3) is 0 Å². The summed E-state index contributed by atoms with van der Waals surface area (Å²) in [5.41, 5.74) is 1.42. The minimum Gasteiger partial charge on any atom is -0.392 e. The summed E-state index contributed by atoms with van der Waals surface area (Å²) in [7, 11) is -3.36. The van der Waals surface area contributed by atoms with Gasteiger partial charge in [0.1, 0.15) is 0 Å². The molecule has 0 spiro atoms. The average molecular weight is 299 g/mol. The number of benzene rings is 1. The van der Waals surface area contributed by atoms with E-state index in [1.807, 2.05) is 13.8 Å². The number of hydrogen-bond donors (Lipinski definition) is 1. The molecule has 1 saturated heterocycles. The van der Waals surface area contributed by atoms with E-state index in [9.17, 15) is 8.42 Å². The molecule has 1 aromatic rings. The Morgan fingerprint density at radius 2 is 1.85 bits per heavy atom. The molecule has 0 aliphatic carbocycles. The van der Waals surface area contributed by atoms with E-state index >= 15 is 0 Å². The molecule has 2 atom stereocenters. The number of rotatable bonds is 4. The zero-order valence-corrected chi connectivity index (χ0v) is 12.6. The fourth-order valence-corrected chi connectivity index (χ4v) is 4.14. The predicted octanol–water partition coefficient (Wildman–Crippen LogP) is 1.12. The first-order valence-electron chi connectivity index (χ1n) is 6.72. The Morgan fingerprint density at radius 3 is 2.45 bits per heavy atom. The van der Waals surface area contributed by atoms with Crippen LogP contribution < -0.4 is 0 Å².